The van der Waals surface area contributed by atoms with Gasteiger partial charge in [0.05, 0.1) is 20.2 Å². The smallest absolute Gasteiger partial charge is 0.404 e. The Balaban J connectivity index is 1.64. The largest absolute Gasteiger partial charge is 0.499 e. The van der Waals surface area contributed by atoms with Crippen LogP contribution in [0.4, 0.5) is 10.6 Å². The van der Waals surface area contributed by atoms with Crippen LogP contribution in [0.1, 0.15) is 32.1 Å². The van der Waals surface area contributed by atoms with Crippen molar-refractivity contribution >= 4 is 23.7 Å². The van der Waals surface area contributed by atoms with E-state index >= 15 is 0 Å². The van der Waals surface area contributed by atoms with Gasteiger partial charge in [0.2, 0.25) is 5.91 Å². The van der Waals surface area contributed by atoms with Gasteiger partial charge >= 0.3 is 6.09 Å². The molecule has 2 aliphatic rings. The second kappa shape index (κ2) is 9.44. The molecule has 1 saturated carbocycles. The average Bonchev–Trinajstić information content (AvgIpc) is 3.41. The number of carbonyl (C=O) groups is 3. The lowest BCUT2D eigenvalue weighted by Crippen LogP contribution is -2.46. The normalized spacial score (nSPS) is 17.9. The first-order chi connectivity index (χ1) is 14.0. The van der Waals surface area contributed by atoms with Crippen molar-refractivity contribution in [3.63, 3.8) is 0 Å². The highest BCUT2D eigenvalue weighted by molar-refractivity contribution is 5.99. The molecule has 0 radical (unpaired) electrons. The SMILES string of the molecule is COC1=CC(=O)N([C@@H](CC2CCCC2)C(=O)Nc2ccn(CCNC(=O)O)n2)C1. The summed E-state index contributed by atoms with van der Waals surface area (Å²) in [6.07, 6.45) is 7.07. The molecule has 158 valence electrons. The maximum absolute atomic E-state index is 13.0. The molecule has 10 heteroatoms. The zero-order valence-corrected chi connectivity index (χ0v) is 16.5. The zero-order valence-electron chi connectivity index (χ0n) is 16.5. The van der Waals surface area contributed by atoms with Crippen molar-refractivity contribution in [1.29, 1.82) is 0 Å². The maximum atomic E-state index is 13.0. The van der Waals surface area contributed by atoms with E-state index < -0.39 is 12.1 Å². The number of hydrogen-bond donors (Lipinski definition) is 3. The molecule has 3 amide bonds. The third-order valence-corrected chi connectivity index (χ3v) is 5.38. The molecular formula is C19H27N5O5. The number of methoxy groups -OCH3 is 1. The minimum atomic E-state index is -1.10. The summed E-state index contributed by atoms with van der Waals surface area (Å²) in [5, 5.41) is 17.9. The van der Waals surface area contributed by atoms with Gasteiger partial charge in [0.15, 0.2) is 5.82 Å². The molecule has 1 aliphatic heterocycles. The van der Waals surface area contributed by atoms with Gasteiger partial charge in [0, 0.05) is 24.9 Å². The Labute approximate surface area is 168 Å². The number of rotatable bonds is 9. The molecule has 1 fully saturated rings. The van der Waals surface area contributed by atoms with Crippen molar-refractivity contribution in [2.24, 2.45) is 5.92 Å². The van der Waals surface area contributed by atoms with E-state index in [9.17, 15) is 14.4 Å². The molecular weight excluding hydrogens is 378 g/mol. The van der Waals surface area contributed by atoms with Gasteiger partial charge < -0.3 is 25.4 Å². The number of carbonyl (C=O) groups excluding carboxylic acids is 2. The van der Waals surface area contributed by atoms with Gasteiger partial charge in [0.1, 0.15) is 11.8 Å². The van der Waals surface area contributed by atoms with E-state index in [1.54, 1.807) is 21.8 Å². The summed E-state index contributed by atoms with van der Waals surface area (Å²) < 4.78 is 6.74. The number of nitrogens with zero attached hydrogens (tertiary/aromatic N) is 3. The molecule has 0 saturated heterocycles. The number of hydrogen-bond acceptors (Lipinski definition) is 5. The average molecular weight is 405 g/mol. The van der Waals surface area contributed by atoms with Gasteiger partial charge in [0.25, 0.3) is 5.91 Å². The fraction of sp³-hybridized carbons (Fsp3) is 0.579. The molecule has 29 heavy (non-hydrogen) atoms. The predicted octanol–water partition coefficient (Wildman–Crippen LogP) is 1.41. The molecule has 1 aromatic heterocycles. The Hall–Kier alpha value is -3.04. The Morgan fingerprint density at radius 2 is 2.14 bits per heavy atom. The summed E-state index contributed by atoms with van der Waals surface area (Å²) in [7, 11) is 1.51. The van der Waals surface area contributed by atoms with Crippen molar-refractivity contribution in [2.45, 2.75) is 44.7 Å². The molecule has 0 spiro atoms. The Bertz CT molecular complexity index is 784. The number of amides is 3. The number of anilines is 1. The molecule has 1 aliphatic carbocycles. The van der Waals surface area contributed by atoms with E-state index in [0.717, 1.165) is 25.7 Å². The minimum absolute atomic E-state index is 0.211. The Kier molecular flexibility index (Phi) is 6.73. The highest BCUT2D eigenvalue weighted by Crippen LogP contribution is 2.31. The van der Waals surface area contributed by atoms with Gasteiger partial charge in [-0.25, -0.2) is 4.79 Å². The van der Waals surface area contributed by atoms with Crippen molar-refractivity contribution < 1.29 is 24.2 Å². The highest BCUT2D eigenvalue weighted by atomic mass is 16.5. The first-order valence-corrected chi connectivity index (χ1v) is 9.82. The first kappa shape index (κ1) is 20.7. The van der Waals surface area contributed by atoms with Gasteiger partial charge in [-0.05, 0) is 12.3 Å². The molecule has 0 bridgehead atoms. The Morgan fingerprint density at radius 3 is 2.79 bits per heavy atom. The molecule has 0 unspecified atom stereocenters. The van der Waals surface area contributed by atoms with Crippen LogP contribution in [0.15, 0.2) is 24.1 Å². The van der Waals surface area contributed by atoms with Crippen LogP contribution in [-0.4, -0.2) is 63.9 Å². The first-order valence-electron chi connectivity index (χ1n) is 9.82. The van der Waals surface area contributed by atoms with Crippen LogP contribution in [0.2, 0.25) is 0 Å². The van der Waals surface area contributed by atoms with E-state index in [2.05, 4.69) is 15.7 Å². The van der Waals surface area contributed by atoms with Crippen LogP contribution in [0.5, 0.6) is 0 Å². The molecule has 3 rings (SSSR count). The van der Waals surface area contributed by atoms with Crippen LogP contribution in [0.25, 0.3) is 0 Å². The molecule has 3 N–H and O–H groups in total. The monoisotopic (exact) mass is 405 g/mol. The van der Waals surface area contributed by atoms with E-state index in [4.69, 9.17) is 9.84 Å². The van der Waals surface area contributed by atoms with E-state index in [1.807, 2.05) is 0 Å². The lowest BCUT2D eigenvalue weighted by Gasteiger charge is -2.28. The van der Waals surface area contributed by atoms with Crippen LogP contribution >= 0.6 is 0 Å². The lowest BCUT2D eigenvalue weighted by atomic mass is 9.97. The third kappa shape index (κ3) is 5.49. The lowest BCUT2D eigenvalue weighted by molar-refractivity contribution is -0.134. The number of ether oxygens (including phenoxy) is 1. The van der Waals surface area contributed by atoms with Crippen LogP contribution in [0, 0.1) is 5.92 Å². The topological polar surface area (TPSA) is 126 Å². The molecule has 2 heterocycles. The number of aromatic nitrogens is 2. The summed E-state index contributed by atoms with van der Waals surface area (Å²) in [6, 6.07) is 1.06. The minimum Gasteiger partial charge on any atom is -0.499 e. The molecule has 10 nitrogen and oxygen atoms in total. The fourth-order valence-electron chi connectivity index (χ4n) is 3.88. The summed E-state index contributed by atoms with van der Waals surface area (Å²) >= 11 is 0. The van der Waals surface area contributed by atoms with Gasteiger partial charge in [-0.1, -0.05) is 25.7 Å². The second-order valence-corrected chi connectivity index (χ2v) is 7.37. The van der Waals surface area contributed by atoms with E-state index in [-0.39, 0.29) is 24.9 Å². The molecule has 1 atom stereocenters. The van der Waals surface area contributed by atoms with E-state index in [1.165, 1.54) is 13.2 Å². The summed E-state index contributed by atoms with van der Waals surface area (Å²) in [5.41, 5.74) is 0. The maximum Gasteiger partial charge on any atom is 0.404 e. The number of carboxylic acid groups (broad SMARTS) is 1. The summed E-state index contributed by atoms with van der Waals surface area (Å²) in [5.74, 6) is 0.850. The standard InChI is InChI=1S/C19H27N5O5/c1-29-14-11-17(25)24(12-14)15(10-13-4-2-3-5-13)18(26)21-16-6-8-23(22-16)9-7-20-19(27)28/h6,8,11,13,15,20H,2-5,7,9-10,12H2,1H3,(H,27,28)(H,21,22,26)/t15-/m0/s1. The van der Waals surface area contributed by atoms with Crippen molar-refractivity contribution in [3.05, 3.63) is 24.1 Å². The highest BCUT2D eigenvalue weighted by Gasteiger charge is 2.36. The van der Waals surface area contributed by atoms with Crippen molar-refractivity contribution in [2.75, 3.05) is 25.5 Å². The van der Waals surface area contributed by atoms with Crippen LogP contribution < -0.4 is 10.6 Å². The summed E-state index contributed by atoms with van der Waals surface area (Å²) in [4.78, 5) is 37.5. The molecule has 1 aromatic rings. The summed E-state index contributed by atoms with van der Waals surface area (Å²) in [6.45, 7) is 0.845. The van der Waals surface area contributed by atoms with Crippen LogP contribution in [0.3, 0.4) is 0 Å². The van der Waals surface area contributed by atoms with Crippen molar-refractivity contribution in [3.8, 4) is 0 Å². The Morgan fingerprint density at radius 1 is 1.38 bits per heavy atom. The van der Waals surface area contributed by atoms with E-state index in [0.29, 0.717) is 30.5 Å². The molecule has 0 aromatic carbocycles. The predicted molar refractivity (Wildman–Crippen MR) is 104 cm³/mol. The quantitative estimate of drug-likeness (QED) is 0.570. The van der Waals surface area contributed by atoms with Gasteiger partial charge in [-0.3, -0.25) is 14.3 Å². The van der Waals surface area contributed by atoms with Crippen molar-refractivity contribution in [1.82, 2.24) is 20.0 Å². The van der Waals surface area contributed by atoms with Crippen LogP contribution in [-0.2, 0) is 20.9 Å². The number of nitrogens with one attached hydrogen (secondary N) is 2. The second-order valence-electron chi connectivity index (χ2n) is 7.37. The van der Waals surface area contributed by atoms with Gasteiger partial charge in [-0.15, -0.1) is 0 Å². The fourth-order valence-corrected chi connectivity index (χ4v) is 3.88. The zero-order chi connectivity index (χ0) is 20.8. The third-order valence-electron chi connectivity index (χ3n) is 5.38. The van der Waals surface area contributed by atoms with Gasteiger partial charge in [-0.2, -0.15) is 5.10 Å².